The highest BCUT2D eigenvalue weighted by Crippen LogP contribution is 2.20. The summed E-state index contributed by atoms with van der Waals surface area (Å²) in [6.45, 7) is 3.38. The molecule has 3 rings (SSSR count). The average molecular weight is 399 g/mol. The highest BCUT2D eigenvalue weighted by Gasteiger charge is 2.03. The number of aryl methyl sites for hydroxylation is 1. The summed E-state index contributed by atoms with van der Waals surface area (Å²) in [7, 11) is 1.73. The quantitative estimate of drug-likeness (QED) is 0.468. The van der Waals surface area contributed by atoms with Crippen molar-refractivity contribution < 1.29 is 9.13 Å². The Morgan fingerprint density at radius 3 is 2.75 bits per heavy atom. The van der Waals surface area contributed by atoms with E-state index in [4.69, 9.17) is 4.74 Å². The van der Waals surface area contributed by atoms with E-state index in [0.717, 1.165) is 23.5 Å². The first-order valence-electron chi connectivity index (χ1n) is 8.86. The van der Waals surface area contributed by atoms with Crippen LogP contribution in [0.1, 0.15) is 15.4 Å². The zero-order chi connectivity index (χ0) is 19.8. The third kappa shape index (κ3) is 6.02. The molecule has 0 aliphatic carbocycles. The van der Waals surface area contributed by atoms with Crippen molar-refractivity contribution in [1.29, 1.82) is 0 Å². The molecule has 0 fully saturated rings. The van der Waals surface area contributed by atoms with Crippen molar-refractivity contribution in [3.8, 4) is 11.6 Å². The van der Waals surface area contributed by atoms with Crippen molar-refractivity contribution >= 4 is 17.3 Å². The number of pyridine rings is 1. The van der Waals surface area contributed by atoms with Gasteiger partial charge in [-0.25, -0.2) is 14.4 Å². The highest BCUT2D eigenvalue weighted by atomic mass is 32.1. The van der Waals surface area contributed by atoms with Crippen molar-refractivity contribution in [3.63, 3.8) is 0 Å². The predicted octanol–water partition coefficient (Wildman–Crippen LogP) is 3.69. The van der Waals surface area contributed by atoms with E-state index in [-0.39, 0.29) is 5.82 Å². The standard InChI is InChI=1S/C20H22FN5OS/c1-14-11-25-19(28-14)8-9-23-20(22-2)26-13-15-6-7-18(24-12-15)27-17-5-3-4-16(21)10-17/h3-7,10-12H,8-9,13H2,1-2H3,(H2,22,23,26). The second kappa shape index (κ2) is 9.80. The number of guanidine groups is 1. The van der Waals surface area contributed by atoms with E-state index < -0.39 is 0 Å². The molecule has 0 saturated heterocycles. The van der Waals surface area contributed by atoms with Gasteiger partial charge in [0.15, 0.2) is 5.96 Å². The largest absolute Gasteiger partial charge is 0.439 e. The van der Waals surface area contributed by atoms with Crippen molar-refractivity contribution in [2.75, 3.05) is 13.6 Å². The molecule has 0 amide bonds. The molecule has 28 heavy (non-hydrogen) atoms. The molecule has 2 heterocycles. The molecule has 1 aromatic carbocycles. The van der Waals surface area contributed by atoms with Gasteiger partial charge in [0.05, 0.1) is 5.01 Å². The monoisotopic (exact) mass is 399 g/mol. The van der Waals surface area contributed by atoms with Crippen molar-refractivity contribution in [3.05, 3.63) is 70.1 Å². The summed E-state index contributed by atoms with van der Waals surface area (Å²) in [4.78, 5) is 14.0. The van der Waals surface area contributed by atoms with E-state index in [1.54, 1.807) is 42.8 Å². The van der Waals surface area contributed by atoms with Crippen LogP contribution in [-0.2, 0) is 13.0 Å². The fourth-order valence-electron chi connectivity index (χ4n) is 2.44. The van der Waals surface area contributed by atoms with Crippen LogP contribution in [0.5, 0.6) is 11.6 Å². The Morgan fingerprint density at radius 1 is 1.18 bits per heavy atom. The van der Waals surface area contributed by atoms with Crippen LogP contribution in [0.25, 0.3) is 0 Å². The number of hydrogen-bond acceptors (Lipinski definition) is 5. The minimum absolute atomic E-state index is 0.345. The molecule has 6 nitrogen and oxygen atoms in total. The Morgan fingerprint density at radius 2 is 2.07 bits per heavy atom. The highest BCUT2D eigenvalue weighted by molar-refractivity contribution is 7.11. The average Bonchev–Trinajstić information content (AvgIpc) is 3.11. The molecule has 0 unspecified atom stereocenters. The van der Waals surface area contributed by atoms with Gasteiger partial charge in [-0.1, -0.05) is 12.1 Å². The third-order valence-electron chi connectivity index (χ3n) is 3.80. The lowest BCUT2D eigenvalue weighted by molar-refractivity contribution is 0.457. The molecule has 8 heteroatoms. The smallest absolute Gasteiger partial charge is 0.219 e. The molecule has 0 atom stereocenters. The van der Waals surface area contributed by atoms with Gasteiger partial charge in [-0.05, 0) is 24.6 Å². The summed E-state index contributed by atoms with van der Waals surface area (Å²) < 4.78 is 18.7. The van der Waals surface area contributed by atoms with Crippen LogP contribution >= 0.6 is 11.3 Å². The normalized spacial score (nSPS) is 11.3. The van der Waals surface area contributed by atoms with Gasteiger partial charge >= 0.3 is 0 Å². The number of thiazole rings is 1. The molecular weight excluding hydrogens is 377 g/mol. The number of nitrogens with zero attached hydrogens (tertiary/aromatic N) is 3. The zero-order valence-corrected chi connectivity index (χ0v) is 16.6. The van der Waals surface area contributed by atoms with Crippen LogP contribution in [0.15, 0.2) is 53.8 Å². The van der Waals surface area contributed by atoms with Gasteiger partial charge in [0.1, 0.15) is 11.6 Å². The second-order valence-corrected chi connectivity index (χ2v) is 7.35. The zero-order valence-electron chi connectivity index (χ0n) is 15.8. The lowest BCUT2D eigenvalue weighted by atomic mass is 10.3. The lowest BCUT2D eigenvalue weighted by Gasteiger charge is -2.11. The predicted molar refractivity (Wildman–Crippen MR) is 109 cm³/mol. The fraction of sp³-hybridized carbons (Fsp3) is 0.250. The van der Waals surface area contributed by atoms with E-state index in [0.29, 0.717) is 24.1 Å². The van der Waals surface area contributed by atoms with Gasteiger partial charge in [0, 0.05) is 56.0 Å². The number of aromatic nitrogens is 2. The molecule has 0 bridgehead atoms. The Kier molecular flexibility index (Phi) is 6.91. The number of ether oxygens (including phenoxy) is 1. The molecule has 0 aliphatic rings. The molecule has 2 N–H and O–H groups in total. The van der Waals surface area contributed by atoms with E-state index in [1.165, 1.54) is 17.0 Å². The summed E-state index contributed by atoms with van der Waals surface area (Å²) in [6, 6.07) is 9.62. The molecule has 0 spiro atoms. The summed E-state index contributed by atoms with van der Waals surface area (Å²) in [6.07, 6.45) is 4.46. The van der Waals surface area contributed by atoms with E-state index in [1.807, 2.05) is 12.3 Å². The maximum atomic E-state index is 13.2. The number of benzene rings is 1. The molecule has 2 aromatic heterocycles. The first-order chi connectivity index (χ1) is 13.6. The van der Waals surface area contributed by atoms with Gasteiger partial charge in [-0.2, -0.15) is 0 Å². The van der Waals surface area contributed by atoms with Crippen LogP contribution in [0, 0.1) is 12.7 Å². The Bertz CT molecular complexity index is 926. The lowest BCUT2D eigenvalue weighted by Crippen LogP contribution is -2.37. The van der Waals surface area contributed by atoms with Gasteiger partial charge in [0.25, 0.3) is 0 Å². The van der Waals surface area contributed by atoms with Crippen molar-refractivity contribution in [2.24, 2.45) is 4.99 Å². The van der Waals surface area contributed by atoms with Gasteiger partial charge < -0.3 is 15.4 Å². The maximum absolute atomic E-state index is 13.2. The number of rotatable bonds is 7. The molecular formula is C20H22FN5OS. The molecule has 0 aliphatic heterocycles. The number of nitrogens with one attached hydrogen (secondary N) is 2. The minimum atomic E-state index is -0.345. The van der Waals surface area contributed by atoms with Crippen molar-refractivity contribution in [2.45, 2.75) is 19.9 Å². The van der Waals surface area contributed by atoms with Gasteiger partial charge in [-0.3, -0.25) is 4.99 Å². The van der Waals surface area contributed by atoms with Crippen LogP contribution < -0.4 is 15.4 Å². The van der Waals surface area contributed by atoms with E-state index in [2.05, 4.69) is 32.5 Å². The SMILES string of the molecule is CN=C(NCCc1ncc(C)s1)NCc1ccc(Oc2cccc(F)c2)nc1. The molecule has 0 saturated carbocycles. The first-order valence-corrected chi connectivity index (χ1v) is 9.68. The van der Waals surface area contributed by atoms with Crippen LogP contribution in [-0.4, -0.2) is 29.5 Å². The number of halogens is 1. The molecule has 146 valence electrons. The minimum Gasteiger partial charge on any atom is -0.439 e. The second-order valence-electron chi connectivity index (χ2n) is 6.03. The first kappa shape index (κ1) is 19.8. The summed E-state index contributed by atoms with van der Waals surface area (Å²) in [5, 5.41) is 7.63. The van der Waals surface area contributed by atoms with Crippen LogP contribution in [0.3, 0.4) is 0 Å². The summed E-state index contributed by atoms with van der Waals surface area (Å²) >= 11 is 1.71. The Balaban J connectivity index is 1.45. The van der Waals surface area contributed by atoms with Gasteiger partial charge in [0.2, 0.25) is 5.88 Å². The van der Waals surface area contributed by atoms with Crippen LogP contribution in [0.4, 0.5) is 4.39 Å². The summed E-state index contributed by atoms with van der Waals surface area (Å²) in [5.41, 5.74) is 0.977. The van der Waals surface area contributed by atoms with Crippen molar-refractivity contribution in [1.82, 2.24) is 20.6 Å². The van der Waals surface area contributed by atoms with Gasteiger partial charge in [-0.15, -0.1) is 11.3 Å². The molecule has 0 radical (unpaired) electrons. The summed E-state index contributed by atoms with van der Waals surface area (Å²) in [5.74, 6) is 1.20. The third-order valence-corrected chi connectivity index (χ3v) is 4.77. The molecule has 3 aromatic rings. The van der Waals surface area contributed by atoms with E-state index in [9.17, 15) is 4.39 Å². The van der Waals surface area contributed by atoms with Crippen LogP contribution in [0.2, 0.25) is 0 Å². The Hall–Kier alpha value is -3.00. The number of aliphatic imine (C=N–C) groups is 1. The maximum Gasteiger partial charge on any atom is 0.219 e. The fourth-order valence-corrected chi connectivity index (χ4v) is 3.22. The van der Waals surface area contributed by atoms with E-state index >= 15 is 0 Å². The Labute approximate surface area is 167 Å². The topological polar surface area (TPSA) is 71.4 Å². The number of hydrogen-bond donors (Lipinski definition) is 2.